The van der Waals surface area contributed by atoms with Gasteiger partial charge in [-0.05, 0) is 47.5 Å². The Labute approximate surface area is 186 Å². The highest BCUT2D eigenvalue weighted by Gasteiger charge is 2.13. The number of phenols is 2. The number of hydrogen-bond donors (Lipinski definition) is 2. The Morgan fingerprint density at radius 1 is 0.710 bits per heavy atom. The second-order valence-electron chi connectivity index (χ2n) is 7.42. The average molecular weight is 427 g/mol. The zero-order valence-electron chi connectivity index (χ0n) is 16.9. The van der Waals surface area contributed by atoms with E-state index in [9.17, 15) is 10.2 Å². The minimum absolute atomic E-state index is 0.220. The number of phenolic OH excluding ortho intramolecular Hbond substituents is 2. The van der Waals surface area contributed by atoms with Gasteiger partial charge in [-0.15, -0.1) is 0 Å². The minimum Gasteiger partial charge on any atom is -0.508 e. The summed E-state index contributed by atoms with van der Waals surface area (Å²) in [6.07, 6.45) is 3.62. The molecule has 0 aliphatic rings. The van der Waals surface area contributed by atoms with Gasteiger partial charge in [-0.25, -0.2) is 4.98 Å². The van der Waals surface area contributed by atoms with Crippen molar-refractivity contribution in [1.82, 2.24) is 9.97 Å². The summed E-state index contributed by atoms with van der Waals surface area (Å²) in [5, 5.41) is 19.0. The van der Waals surface area contributed by atoms with Crippen molar-refractivity contribution >= 4 is 17.1 Å². The van der Waals surface area contributed by atoms with Crippen molar-refractivity contribution in [1.29, 1.82) is 0 Å². The molecule has 0 saturated carbocycles. The number of nitrogens with zero attached hydrogens (tertiary/aromatic N) is 2. The third-order valence-electron chi connectivity index (χ3n) is 5.01. The first kappa shape index (κ1) is 20.7. The summed E-state index contributed by atoms with van der Waals surface area (Å²) in [7, 11) is 0. The Balaban J connectivity index is 1.61. The van der Waals surface area contributed by atoms with Crippen LogP contribution in [0, 0.1) is 0 Å². The maximum Gasteiger partial charge on any atom is 0.115 e. The van der Waals surface area contributed by atoms with E-state index in [4.69, 9.17) is 22.2 Å². The minimum atomic E-state index is 0.220. The van der Waals surface area contributed by atoms with E-state index in [-0.39, 0.29) is 11.5 Å². The lowest BCUT2D eigenvalue weighted by Gasteiger charge is -2.12. The van der Waals surface area contributed by atoms with Crippen molar-refractivity contribution in [3.63, 3.8) is 0 Å². The highest BCUT2D eigenvalue weighted by atomic mass is 32.1. The zero-order valence-corrected chi connectivity index (χ0v) is 17.7. The molecule has 0 atom stereocenters. The standard InChI is InChI=1S/C26H22N2O2S/c29-21-10-6-19(7-11-21)14-23(31)16-24-25(15-18-4-2-1-3-5-18)28-26(17-27-24)20-8-12-22(30)13-9-20/h1-13,17,29-30H,14-16H2. The summed E-state index contributed by atoms with van der Waals surface area (Å²) < 4.78 is 0. The number of rotatable bonds is 7. The van der Waals surface area contributed by atoms with E-state index in [0.29, 0.717) is 19.3 Å². The van der Waals surface area contributed by atoms with Crippen LogP contribution in [0.5, 0.6) is 11.5 Å². The quantitative estimate of drug-likeness (QED) is 0.393. The summed E-state index contributed by atoms with van der Waals surface area (Å²) in [4.78, 5) is 10.5. The first-order valence-electron chi connectivity index (χ1n) is 10.0. The number of thiocarbonyl (C=S) groups is 1. The summed E-state index contributed by atoms with van der Waals surface area (Å²) in [6, 6.07) is 24.2. The summed E-state index contributed by atoms with van der Waals surface area (Å²) >= 11 is 5.66. The molecule has 0 amide bonds. The molecule has 1 aromatic heterocycles. The van der Waals surface area contributed by atoms with Crippen LogP contribution in [0.4, 0.5) is 0 Å². The van der Waals surface area contributed by atoms with E-state index in [2.05, 4.69) is 12.1 Å². The molecule has 0 fully saturated rings. The van der Waals surface area contributed by atoms with Gasteiger partial charge in [0.2, 0.25) is 0 Å². The molecular formula is C26H22N2O2S. The molecule has 3 aromatic carbocycles. The first-order valence-corrected chi connectivity index (χ1v) is 10.5. The van der Waals surface area contributed by atoms with Gasteiger partial charge >= 0.3 is 0 Å². The number of aromatic hydroxyl groups is 2. The third kappa shape index (κ3) is 5.53. The molecule has 0 unspecified atom stereocenters. The number of aromatic nitrogens is 2. The van der Waals surface area contributed by atoms with E-state index in [1.807, 2.05) is 42.5 Å². The Kier molecular flexibility index (Phi) is 6.34. The predicted octanol–water partition coefficient (Wildman–Crippen LogP) is 5.30. The lowest BCUT2D eigenvalue weighted by atomic mass is 10.0. The van der Waals surface area contributed by atoms with Crippen molar-refractivity contribution in [2.24, 2.45) is 0 Å². The normalized spacial score (nSPS) is 10.7. The highest BCUT2D eigenvalue weighted by molar-refractivity contribution is 7.80. The van der Waals surface area contributed by atoms with E-state index >= 15 is 0 Å². The molecule has 4 rings (SSSR count). The molecule has 154 valence electrons. The van der Waals surface area contributed by atoms with Crippen molar-refractivity contribution in [3.8, 4) is 22.8 Å². The van der Waals surface area contributed by atoms with E-state index < -0.39 is 0 Å². The van der Waals surface area contributed by atoms with Crippen LogP contribution in [0.15, 0.2) is 85.1 Å². The Bertz CT molecular complexity index is 1170. The fourth-order valence-corrected chi connectivity index (χ4v) is 3.70. The average Bonchev–Trinajstić information content (AvgIpc) is 2.78. The summed E-state index contributed by atoms with van der Waals surface area (Å²) in [6.45, 7) is 0. The molecule has 4 aromatic rings. The molecule has 5 heteroatoms. The van der Waals surface area contributed by atoms with E-state index in [1.54, 1.807) is 30.5 Å². The van der Waals surface area contributed by atoms with Gasteiger partial charge in [0.05, 0.1) is 23.3 Å². The van der Waals surface area contributed by atoms with Crippen LogP contribution in [0.2, 0.25) is 0 Å². The van der Waals surface area contributed by atoms with Crippen LogP contribution >= 0.6 is 12.2 Å². The molecule has 0 aliphatic carbocycles. The van der Waals surface area contributed by atoms with Gasteiger partial charge in [0.25, 0.3) is 0 Å². The van der Waals surface area contributed by atoms with Gasteiger partial charge in [-0.3, -0.25) is 4.98 Å². The van der Waals surface area contributed by atoms with Crippen molar-refractivity contribution in [2.75, 3.05) is 0 Å². The van der Waals surface area contributed by atoms with Gasteiger partial charge < -0.3 is 10.2 Å². The van der Waals surface area contributed by atoms with Gasteiger partial charge in [0, 0.05) is 29.7 Å². The van der Waals surface area contributed by atoms with E-state index in [1.165, 1.54) is 0 Å². The van der Waals surface area contributed by atoms with Crippen LogP contribution in [0.25, 0.3) is 11.3 Å². The van der Waals surface area contributed by atoms with Crippen LogP contribution in [-0.4, -0.2) is 25.0 Å². The van der Waals surface area contributed by atoms with Crippen molar-refractivity contribution in [2.45, 2.75) is 19.3 Å². The van der Waals surface area contributed by atoms with Gasteiger partial charge in [-0.2, -0.15) is 0 Å². The van der Waals surface area contributed by atoms with Gasteiger partial charge in [0.15, 0.2) is 0 Å². The van der Waals surface area contributed by atoms with Crippen LogP contribution in [0.1, 0.15) is 22.5 Å². The SMILES string of the molecule is Oc1ccc(CC(=S)Cc2ncc(-c3ccc(O)cc3)nc2Cc2ccccc2)cc1. The smallest absolute Gasteiger partial charge is 0.115 e. The third-order valence-corrected chi connectivity index (χ3v) is 5.30. The number of hydrogen-bond acceptors (Lipinski definition) is 5. The number of benzene rings is 3. The van der Waals surface area contributed by atoms with Gasteiger partial charge in [0.1, 0.15) is 11.5 Å². The van der Waals surface area contributed by atoms with Crippen molar-refractivity contribution in [3.05, 3.63) is 108 Å². The molecule has 2 N–H and O–H groups in total. The maximum atomic E-state index is 9.57. The Hall–Kier alpha value is -3.57. The van der Waals surface area contributed by atoms with Crippen LogP contribution in [0.3, 0.4) is 0 Å². The molecule has 1 heterocycles. The molecule has 0 spiro atoms. The molecule has 4 nitrogen and oxygen atoms in total. The maximum absolute atomic E-state index is 9.57. The predicted molar refractivity (Wildman–Crippen MR) is 126 cm³/mol. The zero-order chi connectivity index (χ0) is 21.6. The molecular weight excluding hydrogens is 404 g/mol. The molecule has 0 aliphatic heterocycles. The van der Waals surface area contributed by atoms with Gasteiger partial charge in [-0.1, -0.05) is 54.7 Å². The summed E-state index contributed by atoms with van der Waals surface area (Å²) in [5.74, 6) is 0.466. The second kappa shape index (κ2) is 9.49. The topological polar surface area (TPSA) is 66.2 Å². The lowest BCUT2D eigenvalue weighted by molar-refractivity contribution is 0.474. The molecule has 0 saturated heterocycles. The lowest BCUT2D eigenvalue weighted by Crippen LogP contribution is -2.10. The molecule has 0 bridgehead atoms. The van der Waals surface area contributed by atoms with Crippen LogP contribution < -0.4 is 0 Å². The second-order valence-corrected chi connectivity index (χ2v) is 7.99. The van der Waals surface area contributed by atoms with E-state index in [0.717, 1.165) is 38.6 Å². The summed E-state index contributed by atoms with van der Waals surface area (Å²) in [5.41, 5.74) is 5.64. The molecule has 0 radical (unpaired) electrons. The fourth-order valence-electron chi connectivity index (χ4n) is 3.39. The monoisotopic (exact) mass is 426 g/mol. The van der Waals surface area contributed by atoms with Crippen LogP contribution in [-0.2, 0) is 19.3 Å². The van der Waals surface area contributed by atoms with Crippen molar-refractivity contribution < 1.29 is 10.2 Å². The highest BCUT2D eigenvalue weighted by Crippen LogP contribution is 2.22. The largest absolute Gasteiger partial charge is 0.508 e. The fraction of sp³-hybridized carbons (Fsp3) is 0.115. The Morgan fingerprint density at radius 3 is 2.03 bits per heavy atom. The first-order chi connectivity index (χ1) is 15.1. The molecule has 31 heavy (non-hydrogen) atoms. The Morgan fingerprint density at radius 2 is 1.35 bits per heavy atom.